The van der Waals surface area contributed by atoms with Crippen LogP contribution in [0.3, 0.4) is 0 Å². The average Bonchev–Trinajstić information content (AvgIpc) is 3.00. The van der Waals surface area contributed by atoms with Crippen molar-refractivity contribution in [3.05, 3.63) is 40.5 Å². The minimum Gasteiger partial charge on any atom is -0.493 e. The molecule has 0 saturated carbocycles. The van der Waals surface area contributed by atoms with Crippen LogP contribution >= 0.6 is 15.9 Å². The van der Waals surface area contributed by atoms with Gasteiger partial charge in [0.25, 0.3) is 5.91 Å². The van der Waals surface area contributed by atoms with Crippen LogP contribution in [0.4, 0.5) is 0 Å². The minimum atomic E-state index is -0.513. The molecule has 0 bridgehead atoms. The second-order valence-corrected chi connectivity index (χ2v) is 6.18. The van der Waals surface area contributed by atoms with Crippen LogP contribution in [0.15, 0.2) is 34.9 Å². The highest BCUT2D eigenvalue weighted by atomic mass is 79.9. The van der Waals surface area contributed by atoms with Crippen molar-refractivity contribution >= 4 is 32.7 Å². The van der Waals surface area contributed by atoms with E-state index in [4.69, 9.17) is 19.9 Å². The molecular formula is C18H17BrN2O4. The van der Waals surface area contributed by atoms with Crippen molar-refractivity contribution in [2.75, 3.05) is 21.3 Å². The number of carbonyl (C=O) groups is 1. The number of rotatable bonds is 5. The van der Waals surface area contributed by atoms with Gasteiger partial charge in [0, 0.05) is 21.6 Å². The second kappa shape index (κ2) is 6.68. The Morgan fingerprint density at radius 3 is 2.40 bits per heavy atom. The maximum atomic E-state index is 11.9. The number of amides is 1. The van der Waals surface area contributed by atoms with Gasteiger partial charge in [-0.3, -0.25) is 4.79 Å². The lowest BCUT2D eigenvalue weighted by Crippen LogP contribution is -2.11. The molecule has 130 valence electrons. The number of benzene rings is 2. The van der Waals surface area contributed by atoms with Crippen molar-refractivity contribution in [2.45, 2.75) is 0 Å². The summed E-state index contributed by atoms with van der Waals surface area (Å²) >= 11 is 3.48. The Kier molecular flexibility index (Phi) is 4.59. The molecule has 0 atom stereocenters. The first-order valence-electron chi connectivity index (χ1n) is 7.41. The number of H-pyrrole nitrogens is 1. The van der Waals surface area contributed by atoms with Gasteiger partial charge in [-0.25, -0.2) is 0 Å². The summed E-state index contributed by atoms with van der Waals surface area (Å²) in [5.41, 5.74) is 8.18. The molecule has 0 saturated heterocycles. The molecule has 6 nitrogen and oxygen atoms in total. The van der Waals surface area contributed by atoms with Crippen LogP contribution in [-0.2, 0) is 0 Å². The van der Waals surface area contributed by atoms with E-state index >= 15 is 0 Å². The van der Waals surface area contributed by atoms with E-state index in [1.54, 1.807) is 39.7 Å². The lowest BCUT2D eigenvalue weighted by atomic mass is 9.98. The summed E-state index contributed by atoms with van der Waals surface area (Å²) in [6, 6.07) is 7.33. The molecule has 0 aliphatic rings. The van der Waals surface area contributed by atoms with Crippen molar-refractivity contribution < 1.29 is 19.0 Å². The third-order valence-corrected chi connectivity index (χ3v) is 4.68. The van der Waals surface area contributed by atoms with E-state index < -0.39 is 5.91 Å². The summed E-state index contributed by atoms with van der Waals surface area (Å²) in [7, 11) is 4.66. The van der Waals surface area contributed by atoms with Gasteiger partial charge in [-0.05, 0) is 45.8 Å². The molecule has 25 heavy (non-hydrogen) atoms. The van der Waals surface area contributed by atoms with Gasteiger partial charge < -0.3 is 24.9 Å². The second-order valence-electron chi connectivity index (χ2n) is 5.33. The van der Waals surface area contributed by atoms with E-state index in [1.807, 2.05) is 12.1 Å². The van der Waals surface area contributed by atoms with Gasteiger partial charge in [-0.15, -0.1) is 0 Å². The highest BCUT2D eigenvalue weighted by Crippen LogP contribution is 2.45. The van der Waals surface area contributed by atoms with E-state index in [-0.39, 0.29) is 0 Å². The first-order chi connectivity index (χ1) is 12.0. The number of carbonyl (C=O) groups excluding carboxylic acids is 1. The molecule has 7 heteroatoms. The van der Waals surface area contributed by atoms with Gasteiger partial charge in [0.15, 0.2) is 11.5 Å². The van der Waals surface area contributed by atoms with Crippen LogP contribution in [0.1, 0.15) is 10.4 Å². The minimum absolute atomic E-state index is 0.398. The number of nitrogens with one attached hydrogen (secondary N) is 1. The maximum absolute atomic E-state index is 11.9. The predicted octanol–water partition coefficient (Wildman–Crippen LogP) is 3.72. The summed E-state index contributed by atoms with van der Waals surface area (Å²) in [4.78, 5) is 15.0. The summed E-state index contributed by atoms with van der Waals surface area (Å²) in [5, 5.41) is 0.850. The number of halogens is 1. The van der Waals surface area contributed by atoms with Crippen LogP contribution in [0, 0.1) is 0 Å². The first-order valence-corrected chi connectivity index (χ1v) is 8.20. The molecule has 2 aromatic carbocycles. The fourth-order valence-electron chi connectivity index (χ4n) is 2.88. The fraction of sp³-hybridized carbons (Fsp3) is 0.167. The van der Waals surface area contributed by atoms with E-state index in [0.29, 0.717) is 28.3 Å². The largest absolute Gasteiger partial charge is 0.493 e. The van der Waals surface area contributed by atoms with Crippen LogP contribution < -0.4 is 19.9 Å². The molecule has 0 aliphatic carbocycles. The van der Waals surface area contributed by atoms with Crippen LogP contribution in [0.2, 0.25) is 0 Å². The molecule has 1 heterocycles. The lowest BCUT2D eigenvalue weighted by Gasteiger charge is -2.16. The molecule has 0 unspecified atom stereocenters. The quantitative estimate of drug-likeness (QED) is 0.678. The Bertz CT molecular complexity index is 965. The molecule has 3 N–H and O–H groups in total. The molecule has 1 aromatic heterocycles. The zero-order valence-electron chi connectivity index (χ0n) is 14.0. The monoisotopic (exact) mass is 404 g/mol. The Morgan fingerprint density at radius 1 is 1.08 bits per heavy atom. The highest BCUT2D eigenvalue weighted by Gasteiger charge is 2.20. The standard InChI is InChI=1S/C18H17BrN2O4/c1-23-14-5-4-10(16(24-2)17(14)25-3)9-6-11-13(19)8-21-15(11)12(7-9)18(20)22/h4-8,21H,1-3H3,(H2,20,22). The van der Waals surface area contributed by atoms with Crippen molar-refractivity contribution in [3.8, 4) is 28.4 Å². The fourth-order valence-corrected chi connectivity index (χ4v) is 3.30. The lowest BCUT2D eigenvalue weighted by molar-refractivity contribution is 0.100. The molecule has 1 amide bonds. The number of hydrogen-bond donors (Lipinski definition) is 2. The summed E-state index contributed by atoms with van der Waals surface area (Å²) < 4.78 is 17.1. The number of ether oxygens (including phenoxy) is 3. The van der Waals surface area contributed by atoms with Gasteiger partial charge in [0.2, 0.25) is 5.75 Å². The molecule has 0 spiro atoms. The van der Waals surface area contributed by atoms with Crippen molar-refractivity contribution in [1.29, 1.82) is 0 Å². The normalized spacial score (nSPS) is 10.7. The number of aromatic amines is 1. The number of fused-ring (bicyclic) bond motifs is 1. The topological polar surface area (TPSA) is 86.6 Å². The maximum Gasteiger partial charge on any atom is 0.250 e. The average molecular weight is 405 g/mol. The SMILES string of the molecule is COc1ccc(-c2cc(C(N)=O)c3[nH]cc(Br)c3c2)c(OC)c1OC. The zero-order chi connectivity index (χ0) is 18.1. The van der Waals surface area contributed by atoms with E-state index in [9.17, 15) is 4.79 Å². The van der Waals surface area contributed by atoms with Crippen LogP contribution in [0.25, 0.3) is 22.0 Å². The van der Waals surface area contributed by atoms with Gasteiger partial charge in [0.1, 0.15) is 0 Å². The van der Waals surface area contributed by atoms with Gasteiger partial charge in [0.05, 0.1) is 32.4 Å². The molecule has 0 aliphatic heterocycles. The summed E-state index contributed by atoms with van der Waals surface area (Å²) in [6.07, 6.45) is 1.77. The van der Waals surface area contributed by atoms with Crippen molar-refractivity contribution in [3.63, 3.8) is 0 Å². The number of nitrogens with two attached hydrogens (primary N) is 1. The third-order valence-electron chi connectivity index (χ3n) is 4.02. The molecule has 3 aromatic rings. The van der Waals surface area contributed by atoms with E-state index in [1.165, 1.54) is 0 Å². The van der Waals surface area contributed by atoms with E-state index in [2.05, 4.69) is 20.9 Å². The van der Waals surface area contributed by atoms with Crippen molar-refractivity contribution in [2.24, 2.45) is 5.73 Å². The molecule has 3 rings (SSSR count). The number of hydrogen-bond acceptors (Lipinski definition) is 4. The van der Waals surface area contributed by atoms with Crippen LogP contribution in [-0.4, -0.2) is 32.2 Å². The summed E-state index contributed by atoms with van der Waals surface area (Å²) in [6.45, 7) is 0. The first kappa shape index (κ1) is 17.2. The number of aromatic nitrogens is 1. The zero-order valence-corrected chi connectivity index (χ0v) is 15.6. The number of methoxy groups -OCH3 is 3. The van der Waals surface area contributed by atoms with Gasteiger partial charge in [-0.1, -0.05) is 0 Å². The molecule has 0 fully saturated rings. The third kappa shape index (κ3) is 2.80. The summed E-state index contributed by atoms with van der Waals surface area (Å²) in [5.74, 6) is 1.04. The van der Waals surface area contributed by atoms with Crippen molar-refractivity contribution in [1.82, 2.24) is 4.98 Å². The van der Waals surface area contributed by atoms with Crippen LogP contribution in [0.5, 0.6) is 17.2 Å². The Balaban J connectivity index is 2.33. The number of primary amides is 1. The van der Waals surface area contributed by atoms with Gasteiger partial charge in [-0.2, -0.15) is 0 Å². The Hall–Kier alpha value is -2.67. The molecule has 0 radical (unpaired) electrons. The predicted molar refractivity (Wildman–Crippen MR) is 99.6 cm³/mol. The highest BCUT2D eigenvalue weighted by molar-refractivity contribution is 9.10. The van der Waals surface area contributed by atoms with E-state index in [0.717, 1.165) is 21.0 Å². The Morgan fingerprint density at radius 2 is 1.80 bits per heavy atom. The smallest absolute Gasteiger partial charge is 0.250 e. The van der Waals surface area contributed by atoms with Gasteiger partial charge >= 0.3 is 0 Å². The molecular weight excluding hydrogens is 388 g/mol. The Labute approximate surface area is 153 Å².